The Morgan fingerprint density at radius 2 is 2.00 bits per heavy atom. The van der Waals surface area contributed by atoms with Gasteiger partial charge >= 0.3 is 0 Å². The van der Waals surface area contributed by atoms with Crippen molar-refractivity contribution in [3.63, 3.8) is 0 Å². The first-order valence-corrected chi connectivity index (χ1v) is 5.21. The number of hydrogen-bond acceptors (Lipinski definition) is 4. The van der Waals surface area contributed by atoms with Gasteiger partial charge in [0.05, 0.1) is 4.92 Å². The Labute approximate surface area is 102 Å². The molecule has 0 radical (unpaired) electrons. The van der Waals surface area contributed by atoms with E-state index in [9.17, 15) is 14.5 Å². The number of rotatable bonds is 3. The molecule has 0 fully saturated rings. The summed E-state index contributed by atoms with van der Waals surface area (Å²) >= 11 is 0. The van der Waals surface area contributed by atoms with Crippen LogP contribution in [0.2, 0.25) is 0 Å². The van der Waals surface area contributed by atoms with E-state index in [1.165, 1.54) is 30.3 Å². The number of aromatic nitrogens is 1. The molecule has 0 amide bonds. The summed E-state index contributed by atoms with van der Waals surface area (Å²) in [6.07, 6.45) is 0. The van der Waals surface area contributed by atoms with Crippen LogP contribution in [0.15, 0.2) is 36.4 Å². The molecule has 0 unspecified atom stereocenters. The summed E-state index contributed by atoms with van der Waals surface area (Å²) in [5.74, 6) is -0.0970. The fourth-order valence-corrected chi connectivity index (χ4v) is 1.59. The van der Waals surface area contributed by atoms with Crippen molar-refractivity contribution in [1.82, 2.24) is 4.98 Å². The van der Waals surface area contributed by atoms with Crippen LogP contribution in [-0.2, 0) is 0 Å². The molecular formula is C12H10FN3O2. The molecule has 1 heterocycles. The zero-order chi connectivity index (χ0) is 13.1. The zero-order valence-electron chi connectivity index (χ0n) is 9.55. The first kappa shape index (κ1) is 12.0. The molecule has 0 aliphatic rings. The van der Waals surface area contributed by atoms with Crippen molar-refractivity contribution >= 4 is 11.5 Å². The van der Waals surface area contributed by atoms with Crippen molar-refractivity contribution in [2.75, 3.05) is 12.4 Å². The molecule has 0 bridgehead atoms. The van der Waals surface area contributed by atoms with Gasteiger partial charge in [-0.15, -0.1) is 0 Å². The molecule has 0 aliphatic heterocycles. The number of nitro groups is 1. The van der Waals surface area contributed by atoms with E-state index in [4.69, 9.17) is 0 Å². The number of nitrogens with one attached hydrogen (secondary N) is 1. The molecule has 0 spiro atoms. The largest absolute Gasteiger partial charge is 0.373 e. The van der Waals surface area contributed by atoms with E-state index in [0.717, 1.165) is 0 Å². The van der Waals surface area contributed by atoms with Gasteiger partial charge in [-0.25, -0.2) is 9.37 Å². The van der Waals surface area contributed by atoms with E-state index in [2.05, 4.69) is 10.3 Å². The maximum Gasteiger partial charge on any atom is 0.295 e. The van der Waals surface area contributed by atoms with Gasteiger partial charge in [0.25, 0.3) is 5.69 Å². The highest BCUT2D eigenvalue weighted by atomic mass is 19.1. The first-order chi connectivity index (χ1) is 8.63. The zero-order valence-corrected chi connectivity index (χ0v) is 9.55. The first-order valence-electron chi connectivity index (χ1n) is 5.21. The average molecular weight is 247 g/mol. The number of nitrogens with zero attached hydrogens (tertiary/aromatic N) is 2. The molecule has 0 aliphatic carbocycles. The molecule has 5 nitrogen and oxygen atoms in total. The second-order valence-electron chi connectivity index (χ2n) is 3.55. The van der Waals surface area contributed by atoms with Crippen molar-refractivity contribution < 1.29 is 9.31 Å². The molecule has 92 valence electrons. The summed E-state index contributed by atoms with van der Waals surface area (Å²) in [7, 11) is 1.64. The summed E-state index contributed by atoms with van der Waals surface area (Å²) < 4.78 is 13.7. The Bertz CT molecular complexity index is 602. The minimum Gasteiger partial charge on any atom is -0.373 e. The fourth-order valence-electron chi connectivity index (χ4n) is 1.59. The molecule has 1 aromatic heterocycles. The minimum absolute atomic E-state index is 0.0185. The lowest BCUT2D eigenvalue weighted by atomic mass is 10.1. The maximum atomic E-state index is 13.7. The number of hydrogen-bond donors (Lipinski definition) is 1. The smallest absolute Gasteiger partial charge is 0.295 e. The van der Waals surface area contributed by atoms with Crippen LogP contribution in [0.4, 0.5) is 15.9 Å². The standard InChI is InChI=1S/C12H10FN3O2/c1-14-11-7-6-10(16(17)18)12(15-11)8-4-2-3-5-9(8)13/h2-7H,1H3,(H,14,15). The molecule has 6 heteroatoms. The third-order valence-electron chi connectivity index (χ3n) is 2.46. The van der Waals surface area contributed by atoms with Crippen LogP contribution < -0.4 is 5.32 Å². The van der Waals surface area contributed by atoms with Crippen LogP contribution in [0.5, 0.6) is 0 Å². The maximum absolute atomic E-state index is 13.7. The van der Waals surface area contributed by atoms with E-state index >= 15 is 0 Å². The van der Waals surface area contributed by atoms with Crippen LogP contribution in [0.25, 0.3) is 11.3 Å². The number of halogens is 1. The second kappa shape index (κ2) is 4.79. The number of pyridine rings is 1. The Morgan fingerprint density at radius 1 is 1.28 bits per heavy atom. The predicted molar refractivity (Wildman–Crippen MR) is 65.8 cm³/mol. The third-order valence-corrected chi connectivity index (χ3v) is 2.46. The lowest BCUT2D eigenvalue weighted by molar-refractivity contribution is -0.384. The van der Waals surface area contributed by atoms with E-state index in [0.29, 0.717) is 5.82 Å². The quantitative estimate of drug-likeness (QED) is 0.668. The molecule has 0 atom stereocenters. The SMILES string of the molecule is CNc1ccc([N+](=O)[O-])c(-c2ccccc2F)n1. The molecule has 0 saturated carbocycles. The van der Waals surface area contributed by atoms with Gasteiger partial charge in [-0.1, -0.05) is 12.1 Å². The summed E-state index contributed by atoms with van der Waals surface area (Å²) in [6, 6.07) is 8.61. The Hall–Kier alpha value is -2.50. The van der Waals surface area contributed by atoms with Crippen LogP contribution in [0.3, 0.4) is 0 Å². The summed E-state index contributed by atoms with van der Waals surface area (Å²) in [5, 5.41) is 13.7. The van der Waals surface area contributed by atoms with Crippen LogP contribution in [0.1, 0.15) is 0 Å². The third kappa shape index (κ3) is 2.13. The van der Waals surface area contributed by atoms with E-state index in [1.54, 1.807) is 13.1 Å². The highest BCUT2D eigenvalue weighted by Crippen LogP contribution is 2.30. The van der Waals surface area contributed by atoms with Gasteiger partial charge in [-0.05, 0) is 18.2 Å². The summed E-state index contributed by atoms with van der Waals surface area (Å²) in [4.78, 5) is 14.4. The highest BCUT2D eigenvalue weighted by molar-refractivity contribution is 5.71. The molecular weight excluding hydrogens is 237 g/mol. The normalized spacial score (nSPS) is 10.1. The van der Waals surface area contributed by atoms with Crippen molar-refractivity contribution in [2.45, 2.75) is 0 Å². The molecule has 1 N–H and O–H groups in total. The van der Waals surface area contributed by atoms with E-state index in [-0.39, 0.29) is 16.9 Å². The van der Waals surface area contributed by atoms with Gasteiger partial charge in [0.1, 0.15) is 11.6 Å². The van der Waals surface area contributed by atoms with Crippen molar-refractivity contribution in [3.8, 4) is 11.3 Å². The van der Waals surface area contributed by atoms with Gasteiger partial charge < -0.3 is 5.32 Å². The van der Waals surface area contributed by atoms with E-state index in [1.807, 2.05) is 0 Å². The van der Waals surface area contributed by atoms with Crippen molar-refractivity contribution in [2.24, 2.45) is 0 Å². The Kier molecular flexibility index (Phi) is 3.18. The average Bonchev–Trinajstić information content (AvgIpc) is 2.38. The highest BCUT2D eigenvalue weighted by Gasteiger charge is 2.19. The van der Waals surface area contributed by atoms with Gasteiger partial charge in [-0.3, -0.25) is 10.1 Å². The van der Waals surface area contributed by atoms with Gasteiger partial charge in [-0.2, -0.15) is 0 Å². The Morgan fingerprint density at radius 3 is 2.61 bits per heavy atom. The lowest BCUT2D eigenvalue weighted by Gasteiger charge is -2.06. The molecule has 0 saturated heterocycles. The molecule has 2 aromatic rings. The monoisotopic (exact) mass is 247 g/mol. The lowest BCUT2D eigenvalue weighted by Crippen LogP contribution is -1.99. The minimum atomic E-state index is -0.575. The summed E-state index contributed by atoms with van der Waals surface area (Å²) in [5.41, 5.74) is -0.0923. The fraction of sp³-hybridized carbons (Fsp3) is 0.0833. The van der Waals surface area contributed by atoms with Gasteiger partial charge in [0, 0.05) is 18.7 Å². The van der Waals surface area contributed by atoms with Crippen LogP contribution in [-0.4, -0.2) is 17.0 Å². The second-order valence-corrected chi connectivity index (χ2v) is 3.55. The molecule has 1 aromatic carbocycles. The van der Waals surface area contributed by atoms with Crippen LogP contribution >= 0.6 is 0 Å². The van der Waals surface area contributed by atoms with E-state index < -0.39 is 10.7 Å². The number of anilines is 1. The van der Waals surface area contributed by atoms with Crippen molar-refractivity contribution in [3.05, 3.63) is 52.3 Å². The summed E-state index contributed by atoms with van der Waals surface area (Å²) in [6.45, 7) is 0. The molecule has 2 rings (SSSR count). The predicted octanol–water partition coefficient (Wildman–Crippen LogP) is 2.84. The Balaban J connectivity index is 2.68. The number of benzene rings is 1. The topological polar surface area (TPSA) is 68.1 Å². The van der Waals surface area contributed by atoms with Gasteiger partial charge in [0.2, 0.25) is 0 Å². The van der Waals surface area contributed by atoms with Crippen molar-refractivity contribution in [1.29, 1.82) is 0 Å². The van der Waals surface area contributed by atoms with Gasteiger partial charge in [0.15, 0.2) is 5.69 Å². The van der Waals surface area contributed by atoms with Crippen LogP contribution in [0, 0.1) is 15.9 Å². The molecule has 18 heavy (non-hydrogen) atoms.